The molecule has 21 heavy (non-hydrogen) atoms. The molecule has 2 aromatic rings. The Labute approximate surface area is 124 Å². The van der Waals surface area contributed by atoms with Gasteiger partial charge in [-0.1, -0.05) is 24.3 Å². The minimum absolute atomic E-state index is 0.0714. The van der Waals surface area contributed by atoms with Crippen LogP contribution in [0.3, 0.4) is 0 Å². The van der Waals surface area contributed by atoms with Crippen LogP contribution in [0.1, 0.15) is 18.4 Å². The molecule has 3 heteroatoms. The maximum Gasteiger partial charge on any atom is 0.226 e. The summed E-state index contributed by atoms with van der Waals surface area (Å²) in [6, 6.07) is 12.4. The number of fused-ring (bicyclic) bond motifs is 2. The molecule has 3 nitrogen and oxygen atoms in total. The van der Waals surface area contributed by atoms with Gasteiger partial charge in [-0.3, -0.25) is 4.79 Å². The van der Waals surface area contributed by atoms with Crippen LogP contribution < -0.4 is 10.1 Å². The van der Waals surface area contributed by atoms with Crippen LogP contribution in [0.25, 0.3) is 10.8 Å². The van der Waals surface area contributed by atoms with Gasteiger partial charge in [0.15, 0.2) is 0 Å². The van der Waals surface area contributed by atoms with E-state index in [0.29, 0.717) is 12.5 Å². The smallest absolute Gasteiger partial charge is 0.226 e. The van der Waals surface area contributed by atoms with Crippen molar-refractivity contribution in [1.29, 1.82) is 0 Å². The Morgan fingerprint density at radius 2 is 2.14 bits per heavy atom. The molecule has 0 spiro atoms. The number of methoxy groups -OCH3 is 1. The summed E-state index contributed by atoms with van der Waals surface area (Å²) < 4.78 is 5.31. The Morgan fingerprint density at radius 3 is 2.86 bits per heavy atom. The average Bonchev–Trinajstić information content (AvgIpc) is 3.36. The molecule has 0 bridgehead atoms. The maximum atomic E-state index is 12.0. The lowest BCUT2D eigenvalue weighted by atomic mass is 10.0. The third-order valence-corrected chi connectivity index (χ3v) is 4.99. The monoisotopic (exact) mass is 281 g/mol. The van der Waals surface area contributed by atoms with Crippen molar-refractivity contribution in [3.05, 3.63) is 42.0 Å². The van der Waals surface area contributed by atoms with Crippen molar-refractivity contribution >= 4 is 16.7 Å². The summed E-state index contributed by atoms with van der Waals surface area (Å²) in [7, 11) is 1.69. The number of hydrogen-bond acceptors (Lipinski definition) is 2. The predicted octanol–water partition coefficient (Wildman–Crippen LogP) is 2.92. The Kier molecular flexibility index (Phi) is 2.71. The number of benzene rings is 2. The van der Waals surface area contributed by atoms with Crippen LogP contribution in [-0.4, -0.2) is 19.6 Å². The molecular formula is C18H19NO2. The normalized spacial score (nSPS) is 25.3. The first kappa shape index (κ1) is 12.7. The molecule has 4 rings (SSSR count). The molecule has 0 radical (unpaired) electrons. The van der Waals surface area contributed by atoms with E-state index in [1.54, 1.807) is 7.11 Å². The third-order valence-electron chi connectivity index (χ3n) is 4.99. The summed E-state index contributed by atoms with van der Waals surface area (Å²) in [6.07, 6.45) is 3.09. The molecule has 0 aromatic heterocycles. The molecule has 0 saturated heterocycles. The van der Waals surface area contributed by atoms with E-state index in [9.17, 15) is 4.79 Å². The van der Waals surface area contributed by atoms with Gasteiger partial charge in [0.05, 0.1) is 12.5 Å². The molecule has 0 unspecified atom stereocenters. The molecule has 108 valence electrons. The molecule has 0 heterocycles. The van der Waals surface area contributed by atoms with E-state index in [0.717, 1.165) is 25.0 Å². The van der Waals surface area contributed by atoms with Crippen molar-refractivity contribution in [3.63, 3.8) is 0 Å². The lowest BCUT2D eigenvalue weighted by Gasteiger charge is -2.10. The van der Waals surface area contributed by atoms with E-state index in [2.05, 4.69) is 35.6 Å². The van der Waals surface area contributed by atoms with Gasteiger partial charge in [-0.2, -0.15) is 0 Å². The number of rotatable bonds is 5. The highest BCUT2D eigenvalue weighted by Crippen LogP contribution is 2.75. The van der Waals surface area contributed by atoms with Crippen LogP contribution in [0.4, 0.5) is 0 Å². The van der Waals surface area contributed by atoms with Gasteiger partial charge in [0, 0.05) is 6.54 Å². The summed E-state index contributed by atoms with van der Waals surface area (Å²) >= 11 is 0. The number of hydrogen-bond donors (Lipinski definition) is 1. The summed E-state index contributed by atoms with van der Waals surface area (Å²) in [5, 5.41) is 5.52. The molecule has 2 fully saturated rings. The van der Waals surface area contributed by atoms with Crippen molar-refractivity contribution in [2.75, 3.05) is 13.7 Å². The van der Waals surface area contributed by atoms with Gasteiger partial charge in [-0.15, -0.1) is 0 Å². The van der Waals surface area contributed by atoms with Crippen molar-refractivity contribution in [1.82, 2.24) is 5.32 Å². The van der Waals surface area contributed by atoms with Crippen LogP contribution in [0.15, 0.2) is 36.4 Å². The fraction of sp³-hybridized carbons (Fsp3) is 0.389. The van der Waals surface area contributed by atoms with Gasteiger partial charge in [-0.05, 0) is 53.6 Å². The lowest BCUT2D eigenvalue weighted by Crippen LogP contribution is -2.29. The van der Waals surface area contributed by atoms with Gasteiger partial charge in [0.2, 0.25) is 5.91 Å². The van der Waals surface area contributed by atoms with Gasteiger partial charge < -0.3 is 10.1 Å². The average molecular weight is 281 g/mol. The van der Waals surface area contributed by atoms with Crippen molar-refractivity contribution < 1.29 is 9.53 Å². The van der Waals surface area contributed by atoms with E-state index in [1.165, 1.54) is 16.3 Å². The highest BCUT2D eigenvalue weighted by atomic mass is 16.5. The van der Waals surface area contributed by atoms with Crippen molar-refractivity contribution in [3.8, 4) is 5.75 Å². The van der Waals surface area contributed by atoms with E-state index in [-0.39, 0.29) is 11.3 Å². The quantitative estimate of drug-likeness (QED) is 0.915. The number of nitrogens with one attached hydrogen (secondary N) is 1. The number of carbonyl (C=O) groups is 1. The van der Waals surface area contributed by atoms with E-state index in [4.69, 9.17) is 4.74 Å². The molecule has 1 amide bonds. The molecule has 2 saturated carbocycles. The largest absolute Gasteiger partial charge is 0.497 e. The SMILES string of the molecule is COc1ccc2cccc(CCNC(=O)C34CC3C4)c2c1. The second-order valence-corrected chi connectivity index (χ2v) is 6.27. The highest BCUT2D eigenvalue weighted by Gasteiger charge is 2.74. The fourth-order valence-corrected chi connectivity index (χ4v) is 3.22. The van der Waals surface area contributed by atoms with E-state index < -0.39 is 0 Å². The second kappa shape index (κ2) is 4.48. The first-order valence-electron chi connectivity index (χ1n) is 7.57. The first-order valence-corrected chi connectivity index (χ1v) is 7.57. The Balaban J connectivity index is 1.48. The standard InChI is InChI=1S/C18H19NO2/c1-21-15-6-5-12-3-2-4-13(16(12)9-15)7-8-19-17(20)18-10-14(18)11-18/h2-6,9,14H,7-8,10-11H2,1H3,(H,19,20). The van der Waals surface area contributed by atoms with Crippen LogP contribution in [0.2, 0.25) is 0 Å². The van der Waals surface area contributed by atoms with Gasteiger partial charge >= 0.3 is 0 Å². The fourth-order valence-electron chi connectivity index (χ4n) is 3.22. The van der Waals surface area contributed by atoms with Gasteiger partial charge in [0.1, 0.15) is 5.75 Å². The van der Waals surface area contributed by atoms with Crippen LogP contribution in [-0.2, 0) is 11.2 Å². The van der Waals surface area contributed by atoms with Crippen LogP contribution in [0, 0.1) is 11.3 Å². The predicted molar refractivity (Wildman–Crippen MR) is 82.4 cm³/mol. The van der Waals surface area contributed by atoms with Gasteiger partial charge in [0.25, 0.3) is 0 Å². The zero-order valence-electron chi connectivity index (χ0n) is 12.2. The molecule has 0 atom stereocenters. The number of carbonyl (C=O) groups excluding carboxylic acids is 1. The summed E-state index contributed by atoms with van der Waals surface area (Å²) in [6.45, 7) is 0.712. The topological polar surface area (TPSA) is 38.3 Å². The van der Waals surface area contributed by atoms with Crippen LogP contribution >= 0.6 is 0 Å². The van der Waals surface area contributed by atoms with Gasteiger partial charge in [-0.25, -0.2) is 0 Å². The lowest BCUT2D eigenvalue weighted by molar-refractivity contribution is -0.124. The van der Waals surface area contributed by atoms with E-state index >= 15 is 0 Å². The minimum Gasteiger partial charge on any atom is -0.497 e. The molecule has 0 aliphatic heterocycles. The van der Waals surface area contributed by atoms with Crippen molar-refractivity contribution in [2.45, 2.75) is 19.3 Å². The summed E-state index contributed by atoms with van der Waals surface area (Å²) in [5.41, 5.74) is 1.33. The highest BCUT2D eigenvalue weighted by molar-refractivity contribution is 5.90. The summed E-state index contributed by atoms with van der Waals surface area (Å²) in [5.74, 6) is 1.85. The Bertz CT molecular complexity index is 716. The molecular weight excluding hydrogens is 262 g/mol. The Morgan fingerprint density at radius 1 is 1.33 bits per heavy atom. The number of ether oxygens (including phenoxy) is 1. The summed E-state index contributed by atoms with van der Waals surface area (Å²) in [4.78, 5) is 12.0. The molecule has 2 aliphatic rings. The molecule has 1 N–H and O–H groups in total. The second-order valence-electron chi connectivity index (χ2n) is 6.27. The first-order chi connectivity index (χ1) is 10.2. The third kappa shape index (κ3) is 2.08. The molecule has 2 aromatic carbocycles. The van der Waals surface area contributed by atoms with E-state index in [1.807, 2.05) is 6.07 Å². The van der Waals surface area contributed by atoms with Crippen molar-refractivity contribution in [2.24, 2.45) is 11.3 Å². The Hall–Kier alpha value is -2.03. The minimum atomic E-state index is 0.0714. The van der Waals surface area contributed by atoms with Crippen LogP contribution in [0.5, 0.6) is 5.75 Å². The zero-order chi connectivity index (χ0) is 14.4. The maximum absolute atomic E-state index is 12.0. The number of amides is 1. The molecule has 2 aliphatic carbocycles. The zero-order valence-corrected chi connectivity index (χ0v) is 12.2.